The first kappa shape index (κ1) is 22.1. The number of methoxy groups -OCH3 is 3. The average molecular weight is 430 g/mol. The second-order valence-electron chi connectivity index (χ2n) is 6.99. The molecule has 0 unspecified atom stereocenters. The van der Waals surface area contributed by atoms with Gasteiger partial charge in [0.15, 0.2) is 11.5 Å². The SMILES string of the molecule is COC(=O)C[C@H](NC(=O)[C@H]1CC(=O)Nc2cc(F)ccc21)c1ccc(OC)c(OC)c1. The van der Waals surface area contributed by atoms with Crippen molar-refractivity contribution in [2.24, 2.45) is 0 Å². The molecule has 0 fully saturated rings. The Morgan fingerprint density at radius 3 is 2.55 bits per heavy atom. The standard InChI is InChI=1S/C22H23FN2O6/c1-29-18-7-4-12(8-19(18)30-2)16(11-21(27)31-3)25-22(28)15-10-20(26)24-17-9-13(23)5-6-14(15)17/h4-9,15-16H,10-11H2,1-3H3,(H,24,26)(H,25,28)/t15-,16-/m0/s1. The fraction of sp³-hybridized carbons (Fsp3) is 0.318. The van der Waals surface area contributed by atoms with E-state index in [4.69, 9.17) is 14.2 Å². The van der Waals surface area contributed by atoms with Gasteiger partial charge in [0.1, 0.15) is 5.82 Å². The molecule has 8 nitrogen and oxygen atoms in total. The molecule has 0 bridgehead atoms. The highest BCUT2D eigenvalue weighted by atomic mass is 19.1. The fourth-order valence-electron chi connectivity index (χ4n) is 3.52. The van der Waals surface area contributed by atoms with Gasteiger partial charge in [-0.1, -0.05) is 12.1 Å². The third kappa shape index (κ3) is 4.93. The van der Waals surface area contributed by atoms with Crippen LogP contribution in [0.5, 0.6) is 11.5 Å². The van der Waals surface area contributed by atoms with E-state index in [1.807, 2.05) is 0 Å². The van der Waals surface area contributed by atoms with Crippen molar-refractivity contribution in [1.29, 1.82) is 0 Å². The number of carbonyl (C=O) groups excluding carboxylic acids is 3. The van der Waals surface area contributed by atoms with Crippen molar-refractivity contribution in [2.75, 3.05) is 26.6 Å². The number of ether oxygens (including phenoxy) is 3. The molecule has 0 radical (unpaired) electrons. The van der Waals surface area contributed by atoms with Crippen LogP contribution in [0.15, 0.2) is 36.4 Å². The molecular weight excluding hydrogens is 407 g/mol. The van der Waals surface area contributed by atoms with Crippen LogP contribution in [0.1, 0.15) is 35.9 Å². The van der Waals surface area contributed by atoms with Crippen LogP contribution in [-0.2, 0) is 19.1 Å². The van der Waals surface area contributed by atoms with E-state index in [9.17, 15) is 18.8 Å². The van der Waals surface area contributed by atoms with Gasteiger partial charge in [-0.3, -0.25) is 14.4 Å². The first-order chi connectivity index (χ1) is 14.9. The van der Waals surface area contributed by atoms with Crippen molar-refractivity contribution < 1.29 is 33.0 Å². The lowest BCUT2D eigenvalue weighted by Crippen LogP contribution is -2.38. The summed E-state index contributed by atoms with van der Waals surface area (Å²) in [6.07, 6.45) is -0.228. The lowest BCUT2D eigenvalue weighted by atomic mass is 9.89. The van der Waals surface area contributed by atoms with Gasteiger partial charge in [0.05, 0.1) is 39.7 Å². The van der Waals surface area contributed by atoms with E-state index in [-0.39, 0.29) is 18.5 Å². The first-order valence-corrected chi connectivity index (χ1v) is 9.54. The van der Waals surface area contributed by atoms with Gasteiger partial charge in [-0.05, 0) is 35.4 Å². The van der Waals surface area contributed by atoms with E-state index < -0.39 is 35.6 Å². The molecule has 2 aromatic rings. The minimum absolute atomic E-state index is 0.0959. The molecule has 9 heteroatoms. The molecule has 0 saturated heterocycles. The van der Waals surface area contributed by atoms with Gasteiger partial charge in [0.2, 0.25) is 11.8 Å². The van der Waals surface area contributed by atoms with E-state index in [1.165, 1.54) is 39.5 Å². The summed E-state index contributed by atoms with van der Waals surface area (Å²) < 4.78 is 28.9. The maximum atomic E-state index is 13.6. The molecule has 2 atom stereocenters. The van der Waals surface area contributed by atoms with Gasteiger partial charge >= 0.3 is 5.97 Å². The van der Waals surface area contributed by atoms with Crippen molar-refractivity contribution >= 4 is 23.5 Å². The van der Waals surface area contributed by atoms with Gasteiger partial charge in [0.25, 0.3) is 0 Å². The highest BCUT2D eigenvalue weighted by Crippen LogP contribution is 2.35. The topological polar surface area (TPSA) is 103 Å². The van der Waals surface area contributed by atoms with Crippen LogP contribution < -0.4 is 20.1 Å². The number of halogens is 1. The van der Waals surface area contributed by atoms with Crippen LogP contribution in [0, 0.1) is 5.82 Å². The Kier molecular flexibility index (Phi) is 6.74. The Balaban J connectivity index is 1.91. The van der Waals surface area contributed by atoms with Crippen molar-refractivity contribution in [3.8, 4) is 11.5 Å². The van der Waals surface area contributed by atoms with Crippen LogP contribution >= 0.6 is 0 Å². The maximum absolute atomic E-state index is 13.6. The largest absolute Gasteiger partial charge is 0.493 e. The highest BCUT2D eigenvalue weighted by molar-refractivity contribution is 6.01. The molecule has 1 aliphatic heterocycles. The minimum atomic E-state index is -0.829. The molecule has 0 saturated carbocycles. The number of carbonyl (C=O) groups is 3. The third-order valence-corrected chi connectivity index (χ3v) is 5.10. The number of fused-ring (bicyclic) bond motifs is 1. The van der Waals surface area contributed by atoms with Crippen LogP contribution in [0.3, 0.4) is 0 Å². The van der Waals surface area contributed by atoms with Gasteiger partial charge < -0.3 is 24.8 Å². The second kappa shape index (κ2) is 9.46. The number of esters is 1. The van der Waals surface area contributed by atoms with Crippen molar-refractivity contribution in [1.82, 2.24) is 5.32 Å². The summed E-state index contributed by atoms with van der Waals surface area (Å²) in [5.74, 6) is -1.81. The summed E-state index contributed by atoms with van der Waals surface area (Å²) in [6, 6.07) is 8.16. The molecule has 1 heterocycles. The summed E-state index contributed by atoms with van der Waals surface area (Å²) in [6.45, 7) is 0. The molecule has 0 spiro atoms. The lowest BCUT2D eigenvalue weighted by Gasteiger charge is -2.27. The first-order valence-electron chi connectivity index (χ1n) is 9.54. The lowest BCUT2D eigenvalue weighted by molar-refractivity contribution is -0.141. The zero-order valence-corrected chi connectivity index (χ0v) is 17.4. The molecule has 2 amide bonds. The van der Waals surface area contributed by atoms with Crippen LogP contribution in [-0.4, -0.2) is 39.1 Å². The van der Waals surface area contributed by atoms with E-state index >= 15 is 0 Å². The summed E-state index contributed by atoms with van der Waals surface area (Å²) in [5, 5.41) is 5.40. The Morgan fingerprint density at radius 2 is 1.87 bits per heavy atom. The molecule has 2 N–H and O–H groups in total. The summed E-state index contributed by atoms with van der Waals surface area (Å²) in [5.41, 5.74) is 1.35. The Hall–Kier alpha value is -3.62. The number of anilines is 1. The number of nitrogens with one attached hydrogen (secondary N) is 2. The average Bonchev–Trinajstić information content (AvgIpc) is 2.76. The minimum Gasteiger partial charge on any atom is -0.493 e. The summed E-state index contributed by atoms with van der Waals surface area (Å²) in [4.78, 5) is 37.2. The fourth-order valence-corrected chi connectivity index (χ4v) is 3.52. The van der Waals surface area contributed by atoms with Gasteiger partial charge in [-0.15, -0.1) is 0 Å². The quantitative estimate of drug-likeness (QED) is 0.655. The Morgan fingerprint density at radius 1 is 1.13 bits per heavy atom. The van der Waals surface area contributed by atoms with Gasteiger partial charge in [0, 0.05) is 12.1 Å². The Labute approximate surface area is 178 Å². The summed E-state index contributed by atoms with van der Waals surface area (Å²) in [7, 11) is 4.23. The molecule has 3 rings (SSSR count). The zero-order valence-electron chi connectivity index (χ0n) is 17.4. The molecule has 2 aromatic carbocycles. The van der Waals surface area contributed by atoms with Crippen LogP contribution in [0.2, 0.25) is 0 Å². The van der Waals surface area contributed by atoms with E-state index in [2.05, 4.69) is 10.6 Å². The maximum Gasteiger partial charge on any atom is 0.307 e. The molecule has 164 valence electrons. The molecule has 0 aliphatic carbocycles. The van der Waals surface area contributed by atoms with E-state index in [0.29, 0.717) is 22.6 Å². The van der Waals surface area contributed by atoms with Crippen molar-refractivity contribution in [2.45, 2.75) is 24.8 Å². The van der Waals surface area contributed by atoms with Crippen molar-refractivity contribution in [3.05, 3.63) is 53.3 Å². The van der Waals surface area contributed by atoms with Crippen LogP contribution in [0.4, 0.5) is 10.1 Å². The second-order valence-corrected chi connectivity index (χ2v) is 6.99. The monoisotopic (exact) mass is 430 g/mol. The number of benzene rings is 2. The molecular formula is C22H23FN2O6. The third-order valence-electron chi connectivity index (χ3n) is 5.10. The smallest absolute Gasteiger partial charge is 0.307 e. The number of hydrogen-bond donors (Lipinski definition) is 2. The molecule has 31 heavy (non-hydrogen) atoms. The van der Waals surface area contributed by atoms with Gasteiger partial charge in [-0.25, -0.2) is 4.39 Å². The number of hydrogen-bond acceptors (Lipinski definition) is 6. The molecule has 1 aliphatic rings. The number of rotatable bonds is 7. The van der Waals surface area contributed by atoms with E-state index in [0.717, 1.165) is 0 Å². The molecule has 0 aromatic heterocycles. The highest BCUT2D eigenvalue weighted by Gasteiger charge is 2.33. The van der Waals surface area contributed by atoms with E-state index in [1.54, 1.807) is 18.2 Å². The summed E-state index contributed by atoms with van der Waals surface area (Å²) >= 11 is 0. The predicted octanol–water partition coefficient (Wildman–Crippen LogP) is 2.69. The van der Waals surface area contributed by atoms with Crippen LogP contribution in [0.25, 0.3) is 0 Å². The normalized spacial score (nSPS) is 15.9. The Bertz CT molecular complexity index is 1010. The predicted molar refractivity (Wildman–Crippen MR) is 109 cm³/mol. The number of amides is 2. The zero-order chi connectivity index (χ0) is 22.5. The van der Waals surface area contributed by atoms with Crippen molar-refractivity contribution in [3.63, 3.8) is 0 Å². The van der Waals surface area contributed by atoms with Gasteiger partial charge in [-0.2, -0.15) is 0 Å².